The average Bonchev–Trinajstić information content (AvgIpc) is 2.62. The summed E-state index contributed by atoms with van der Waals surface area (Å²) in [6.07, 6.45) is 0. The van der Waals surface area contributed by atoms with Gasteiger partial charge in [-0.15, -0.1) is 11.8 Å². The SMILES string of the molecule is CC(C)C(CNC(=O)CSCC(=O)Nc1cccc(Br)c1)c1ccccc1. The molecule has 0 heterocycles. The Kier molecular flexibility index (Phi) is 8.88. The Bertz CT molecular complexity index is 753. The molecule has 0 aliphatic rings. The third kappa shape index (κ3) is 7.77. The van der Waals surface area contributed by atoms with Crippen LogP contribution in [0.2, 0.25) is 0 Å². The second-order valence-electron chi connectivity index (χ2n) is 6.62. The molecule has 144 valence electrons. The number of hydrogen-bond acceptors (Lipinski definition) is 3. The Labute approximate surface area is 173 Å². The summed E-state index contributed by atoms with van der Waals surface area (Å²) in [6, 6.07) is 17.6. The Morgan fingerprint density at radius 3 is 2.37 bits per heavy atom. The van der Waals surface area contributed by atoms with E-state index in [0.717, 1.165) is 10.2 Å². The number of nitrogens with one attached hydrogen (secondary N) is 2. The number of benzene rings is 2. The van der Waals surface area contributed by atoms with Crippen LogP contribution in [0.5, 0.6) is 0 Å². The van der Waals surface area contributed by atoms with Crippen LogP contribution in [0.25, 0.3) is 0 Å². The normalized spacial score (nSPS) is 11.9. The minimum atomic E-state index is -0.116. The van der Waals surface area contributed by atoms with Gasteiger partial charge in [-0.05, 0) is 29.7 Å². The van der Waals surface area contributed by atoms with Gasteiger partial charge in [-0.25, -0.2) is 0 Å². The van der Waals surface area contributed by atoms with Gasteiger partial charge < -0.3 is 10.6 Å². The molecule has 27 heavy (non-hydrogen) atoms. The summed E-state index contributed by atoms with van der Waals surface area (Å²) in [4.78, 5) is 24.1. The average molecular weight is 449 g/mol. The van der Waals surface area contributed by atoms with Gasteiger partial charge in [-0.3, -0.25) is 9.59 Å². The maximum absolute atomic E-state index is 12.1. The highest BCUT2D eigenvalue weighted by molar-refractivity contribution is 9.10. The molecule has 2 N–H and O–H groups in total. The molecule has 0 saturated heterocycles. The molecule has 0 aliphatic heterocycles. The van der Waals surface area contributed by atoms with E-state index in [1.165, 1.54) is 17.3 Å². The van der Waals surface area contributed by atoms with E-state index in [-0.39, 0.29) is 29.2 Å². The quantitative estimate of drug-likeness (QED) is 0.585. The lowest BCUT2D eigenvalue weighted by molar-refractivity contribution is -0.118. The van der Waals surface area contributed by atoms with Crippen molar-refractivity contribution in [2.45, 2.75) is 19.8 Å². The van der Waals surface area contributed by atoms with E-state index in [0.29, 0.717) is 12.5 Å². The van der Waals surface area contributed by atoms with Crippen LogP contribution < -0.4 is 10.6 Å². The monoisotopic (exact) mass is 448 g/mol. The van der Waals surface area contributed by atoms with Gasteiger partial charge in [0.2, 0.25) is 11.8 Å². The Morgan fingerprint density at radius 2 is 1.70 bits per heavy atom. The van der Waals surface area contributed by atoms with Gasteiger partial charge in [0.25, 0.3) is 0 Å². The summed E-state index contributed by atoms with van der Waals surface area (Å²) in [7, 11) is 0. The van der Waals surface area contributed by atoms with Gasteiger partial charge in [0, 0.05) is 22.6 Å². The predicted octanol–water partition coefficient (Wildman–Crippen LogP) is 4.68. The Balaban J connectivity index is 1.71. The minimum absolute atomic E-state index is 0.0446. The molecule has 0 aliphatic carbocycles. The van der Waals surface area contributed by atoms with Gasteiger partial charge in [0.1, 0.15) is 0 Å². The van der Waals surface area contributed by atoms with E-state index in [1.54, 1.807) is 0 Å². The largest absolute Gasteiger partial charge is 0.355 e. The lowest BCUT2D eigenvalue weighted by Crippen LogP contribution is -2.32. The molecule has 2 rings (SSSR count). The molecule has 2 aromatic rings. The fourth-order valence-electron chi connectivity index (χ4n) is 2.71. The summed E-state index contributed by atoms with van der Waals surface area (Å²) in [5.74, 6) is 1.06. The first kappa shape index (κ1) is 21.5. The van der Waals surface area contributed by atoms with Crippen molar-refractivity contribution in [3.63, 3.8) is 0 Å². The molecule has 2 aromatic carbocycles. The summed E-state index contributed by atoms with van der Waals surface area (Å²) in [5.41, 5.74) is 1.97. The van der Waals surface area contributed by atoms with Crippen LogP contribution in [0.4, 0.5) is 5.69 Å². The van der Waals surface area contributed by atoms with Crippen molar-refractivity contribution >= 4 is 45.2 Å². The number of halogens is 1. The highest BCUT2D eigenvalue weighted by Crippen LogP contribution is 2.23. The number of hydrogen-bond donors (Lipinski definition) is 2. The van der Waals surface area contributed by atoms with E-state index >= 15 is 0 Å². The number of anilines is 1. The first-order valence-electron chi connectivity index (χ1n) is 8.90. The van der Waals surface area contributed by atoms with Crippen molar-refractivity contribution < 1.29 is 9.59 Å². The lowest BCUT2D eigenvalue weighted by atomic mass is 9.88. The van der Waals surface area contributed by atoms with Crippen molar-refractivity contribution in [3.8, 4) is 0 Å². The molecule has 0 spiro atoms. The highest BCUT2D eigenvalue weighted by atomic mass is 79.9. The predicted molar refractivity (Wildman–Crippen MR) is 117 cm³/mol. The number of rotatable bonds is 9. The van der Waals surface area contributed by atoms with Crippen LogP contribution in [-0.4, -0.2) is 29.9 Å². The van der Waals surface area contributed by atoms with Crippen LogP contribution in [0.3, 0.4) is 0 Å². The second kappa shape index (κ2) is 11.1. The molecule has 2 amide bonds. The first-order valence-corrected chi connectivity index (χ1v) is 10.8. The molecule has 4 nitrogen and oxygen atoms in total. The van der Waals surface area contributed by atoms with E-state index in [4.69, 9.17) is 0 Å². The van der Waals surface area contributed by atoms with E-state index in [9.17, 15) is 9.59 Å². The summed E-state index contributed by atoms with van der Waals surface area (Å²) in [5, 5.41) is 5.82. The van der Waals surface area contributed by atoms with E-state index in [2.05, 4.69) is 52.5 Å². The fraction of sp³-hybridized carbons (Fsp3) is 0.333. The van der Waals surface area contributed by atoms with Gasteiger partial charge in [0.05, 0.1) is 11.5 Å². The van der Waals surface area contributed by atoms with Gasteiger partial charge in [0.15, 0.2) is 0 Å². The van der Waals surface area contributed by atoms with Crippen molar-refractivity contribution in [2.24, 2.45) is 5.92 Å². The first-order chi connectivity index (χ1) is 13.0. The zero-order valence-corrected chi connectivity index (χ0v) is 18.0. The molecular formula is C21H25BrN2O2S. The van der Waals surface area contributed by atoms with Crippen LogP contribution in [0, 0.1) is 5.92 Å². The second-order valence-corrected chi connectivity index (χ2v) is 8.52. The maximum atomic E-state index is 12.1. The third-order valence-corrected chi connectivity index (χ3v) is 5.55. The number of thioether (sulfide) groups is 1. The smallest absolute Gasteiger partial charge is 0.234 e. The zero-order chi connectivity index (χ0) is 19.6. The molecule has 0 aromatic heterocycles. The molecule has 1 atom stereocenters. The molecule has 0 saturated carbocycles. The van der Waals surface area contributed by atoms with Crippen LogP contribution >= 0.6 is 27.7 Å². The van der Waals surface area contributed by atoms with Gasteiger partial charge in [-0.1, -0.05) is 66.2 Å². The van der Waals surface area contributed by atoms with E-state index < -0.39 is 0 Å². The van der Waals surface area contributed by atoms with Crippen LogP contribution in [-0.2, 0) is 9.59 Å². The Morgan fingerprint density at radius 1 is 1.00 bits per heavy atom. The van der Waals surface area contributed by atoms with Crippen molar-refractivity contribution in [3.05, 3.63) is 64.6 Å². The third-order valence-electron chi connectivity index (χ3n) is 4.13. The summed E-state index contributed by atoms with van der Waals surface area (Å²) in [6.45, 7) is 4.92. The van der Waals surface area contributed by atoms with Crippen molar-refractivity contribution in [1.29, 1.82) is 0 Å². The highest BCUT2D eigenvalue weighted by Gasteiger charge is 2.16. The standard InChI is InChI=1S/C21H25BrN2O2S/c1-15(2)19(16-7-4-3-5-8-16)12-23-20(25)13-27-14-21(26)24-18-10-6-9-17(22)11-18/h3-11,15,19H,12-14H2,1-2H3,(H,23,25)(H,24,26). The lowest BCUT2D eigenvalue weighted by Gasteiger charge is -2.21. The van der Waals surface area contributed by atoms with Crippen molar-refractivity contribution in [2.75, 3.05) is 23.4 Å². The van der Waals surface area contributed by atoms with Gasteiger partial charge >= 0.3 is 0 Å². The molecule has 1 unspecified atom stereocenters. The number of amides is 2. The topological polar surface area (TPSA) is 58.2 Å². The molecule has 0 bridgehead atoms. The van der Waals surface area contributed by atoms with Crippen LogP contribution in [0.15, 0.2) is 59.1 Å². The minimum Gasteiger partial charge on any atom is -0.355 e. The van der Waals surface area contributed by atoms with Gasteiger partial charge in [-0.2, -0.15) is 0 Å². The molecule has 0 fully saturated rings. The zero-order valence-electron chi connectivity index (χ0n) is 15.6. The van der Waals surface area contributed by atoms with Crippen molar-refractivity contribution in [1.82, 2.24) is 5.32 Å². The molecular weight excluding hydrogens is 424 g/mol. The number of carbonyl (C=O) groups is 2. The van der Waals surface area contributed by atoms with E-state index in [1.807, 2.05) is 42.5 Å². The maximum Gasteiger partial charge on any atom is 0.234 e. The van der Waals surface area contributed by atoms with Crippen LogP contribution in [0.1, 0.15) is 25.3 Å². The molecule has 6 heteroatoms. The summed E-state index contributed by atoms with van der Waals surface area (Å²) >= 11 is 4.68. The summed E-state index contributed by atoms with van der Waals surface area (Å²) < 4.78 is 0.908. The fourth-order valence-corrected chi connectivity index (χ4v) is 3.76. The number of carbonyl (C=O) groups excluding carboxylic acids is 2. The molecule has 0 radical (unpaired) electrons. The Hall–Kier alpha value is -1.79.